The summed E-state index contributed by atoms with van der Waals surface area (Å²) in [4.78, 5) is 2.17. The van der Waals surface area contributed by atoms with Crippen molar-refractivity contribution in [2.24, 2.45) is 0 Å². The number of ether oxygens (including phenoxy) is 1. The van der Waals surface area contributed by atoms with Crippen LogP contribution < -0.4 is 10.1 Å². The van der Waals surface area contributed by atoms with Crippen molar-refractivity contribution >= 4 is 0 Å². The highest BCUT2D eigenvalue weighted by Crippen LogP contribution is 2.33. The fraction of sp³-hybridized carbons (Fsp3) is 0.455. The quantitative estimate of drug-likeness (QED) is 0.773. The Bertz CT molecular complexity index is 707. The molecule has 0 aliphatic carbocycles. The van der Waals surface area contributed by atoms with Crippen molar-refractivity contribution in [3.05, 3.63) is 64.7 Å². The molecule has 1 heterocycles. The maximum absolute atomic E-state index is 13.2. The molecule has 0 radical (unpaired) electrons. The number of aryl methyl sites for hydroxylation is 2. The molecule has 1 aliphatic heterocycles. The van der Waals surface area contributed by atoms with Crippen LogP contribution in [0.2, 0.25) is 0 Å². The van der Waals surface area contributed by atoms with Crippen LogP contribution >= 0.6 is 0 Å². The summed E-state index contributed by atoms with van der Waals surface area (Å²) in [5.74, 6) is 0.846. The average Bonchev–Trinajstić information content (AvgIpc) is 2.66. The second-order valence-electron chi connectivity index (χ2n) is 7.19. The third-order valence-corrected chi connectivity index (χ3v) is 5.09. The first-order valence-electron chi connectivity index (χ1n) is 9.55. The van der Waals surface area contributed by atoms with E-state index in [0.29, 0.717) is 6.61 Å². The van der Waals surface area contributed by atoms with Crippen molar-refractivity contribution in [3.63, 3.8) is 0 Å². The monoisotopic (exact) mass is 374 g/mol. The Morgan fingerprint density at radius 2 is 1.67 bits per heavy atom. The lowest BCUT2D eigenvalue weighted by atomic mass is 9.96. The highest BCUT2D eigenvalue weighted by molar-refractivity contribution is 5.44. The molecule has 1 N–H and O–H groups in total. The number of halogens is 2. The van der Waals surface area contributed by atoms with Gasteiger partial charge in [-0.05, 0) is 36.1 Å². The Morgan fingerprint density at radius 3 is 2.26 bits per heavy atom. The lowest BCUT2D eigenvalue weighted by Gasteiger charge is -2.35. The van der Waals surface area contributed by atoms with Crippen molar-refractivity contribution < 1.29 is 13.5 Å². The summed E-state index contributed by atoms with van der Waals surface area (Å²) in [5.41, 5.74) is 4.06. The largest absolute Gasteiger partial charge is 0.488 e. The van der Waals surface area contributed by atoms with Crippen molar-refractivity contribution in [3.8, 4) is 5.75 Å². The van der Waals surface area contributed by atoms with Crippen LogP contribution in [0.15, 0.2) is 42.5 Å². The van der Waals surface area contributed by atoms with Crippen LogP contribution in [-0.2, 0) is 6.61 Å². The highest BCUT2D eigenvalue weighted by atomic mass is 19.3. The highest BCUT2D eigenvalue weighted by Gasteiger charge is 2.26. The van der Waals surface area contributed by atoms with E-state index >= 15 is 0 Å². The maximum Gasteiger partial charge on any atom is 0.240 e. The zero-order valence-corrected chi connectivity index (χ0v) is 16.1. The van der Waals surface area contributed by atoms with Crippen molar-refractivity contribution in [1.82, 2.24) is 10.2 Å². The second-order valence-corrected chi connectivity index (χ2v) is 7.19. The van der Waals surface area contributed by atoms with E-state index < -0.39 is 6.43 Å². The number of hydrogen-bond donors (Lipinski definition) is 1. The van der Waals surface area contributed by atoms with E-state index in [0.717, 1.165) is 54.2 Å². The first-order chi connectivity index (χ1) is 13.0. The molecule has 0 unspecified atom stereocenters. The van der Waals surface area contributed by atoms with E-state index in [1.165, 1.54) is 0 Å². The predicted molar refractivity (Wildman–Crippen MR) is 104 cm³/mol. The van der Waals surface area contributed by atoms with Crippen LogP contribution in [0.5, 0.6) is 5.75 Å². The van der Waals surface area contributed by atoms with E-state index in [1.54, 1.807) is 0 Å². The summed E-state index contributed by atoms with van der Waals surface area (Å²) < 4.78 is 32.5. The van der Waals surface area contributed by atoms with Gasteiger partial charge < -0.3 is 10.1 Å². The molecule has 146 valence electrons. The summed E-state index contributed by atoms with van der Waals surface area (Å²) >= 11 is 0. The van der Waals surface area contributed by atoms with E-state index in [9.17, 15) is 8.78 Å². The molecule has 1 atom stereocenters. The first-order valence-corrected chi connectivity index (χ1v) is 9.55. The molecule has 3 nitrogen and oxygen atoms in total. The summed E-state index contributed by atoms with van der Waals surface area (Å²) in [6.07, 6.45) is -2.46. The van der Waals surface area contributed by atoms with Crippen molar-refractivity contribution in [2.75, 3.05) is 26.2 Å². The van der Waals surface area contributed by atoms with Gasteiger partial charge in [-0.3, -0.25) is 4.90 Å². The molecule has 5 heteroatoms. The smallest absolute Gasteiger partial charge is 0.240 e. The molecular weight excluding hydrogens is 346 g/mol. The standard InChI is InChI=1S/C22H28F2N2O/c1-16-12-19(20(14-21(23)24)26-10-8-25-9-11-26)13-17(2)22(16)27-15-18-6-4-3-5-7-18/h3-7,12-13,20-21,25H,8-11,14-15H2,1-2H3/t20-/m0/s1. The van der Waals surface area contributed by atoms with Gasteiger partial charge in [0.2, 0.25) is 6.43 Å². The molecule has 0 saturated carbocycles. The number of benzene rings is 2. The van der Waals surface area contributed by atoms with Crippen LogP contribution in [-0.4, -0.2) is 37.5 Å². The van der Waals surface area contributed by atoms with Gasteiger partial charge in [0, 0.05) is 38.6 Å². The Kier molecular flexibility index (Phi) is 6.80. The Hall–Kier alpha value is -1.98. The van der Waals surface area contributed by atoms with Crippen molar-refractivity contribution in [1.29, 1.82) is 0 Å². The van der Waals surface area contributed by atoms with Gasteiger partial charge in [0.1, 0.15) is 12.4 Å². The Balaban J connectivity index is 1.80. The van der Waals surface area contributed by atoms with Gasteiger partial charge in [-0.2, -0.15) is 0 Å². The summed E-state index contributed by atoms with van der Waals surface area (Å²) in [5, 5.41) is 3.29. The predicted octanol–water partition coefficient (Wildman–Crippen LogP) is 4.48. The fourth-order valence-corrected chi connectivity index (χ4v) is 3.79. The minimum absolute atomic E-state index is 0.136. The van der Waals surface area contributed by atoms with E-state index in [2.05, 4.69) is 10.2 Å². The van der Waals surface area contributed by atoms with Gasteiger partial charge >= 0.3 is 0 Å². The van der Waals surface area contributed by atoms with Gasteiger partial charge in [-0.15, -0.1) is 0 Å². The average molecular weight is 374 g/mol. The third kappa shape index (κ3) is 5.27. The van der Waals surface area contributed by atoms with Crippen LogP contribution in [0.1, 0.15) is 34.7 Å². The molecule has 0 aromatic heterocycles. The number of nitrogens with zero attached hydrogens (tertiary/aromatic N) is 1. The Labute approximate surface area is 160 Å². The number of rotatable bonds is 7. The van der Waals surface area contributed by atoms with Gasteiger partial charge in [-0.25, -0.2) is 8.78 Å². The fourth-order valence-electron chi connectivity index (χ4n) is 3.79. The zero-order chi connectivity index (χ0) is 19.2. The summed E-state index contributed by atoms with van der Waals surface area (Å²) in [6.45, 7) is 7.76. The molecule has 0 spiro atoms. The minimum Gasteiger partial charge on any atom is -0.488 e. The normalized spacial score (nSPS) is 16.5. The van der Waals surface area contributed by atoms with Crippen molar-refractivity contribution in [2.45, 2.75) is 39.3 Å². The van der Waals surface area contributed by atoms with Gasteiger partial charge in [-0.1, -0.05) is 42.5 Å². The van der Waals surface area contributed by atoms with Gasteiger partial charge in [0.05, 0.1) is 0 Å². The first kappa shape index (κ1) is 19.8. The molecule has 0 amide bonds. The van der Waals surface area contributed by atoms with Gasteiger partial charge in [0.15, 0.2) is 0 Å². The lowest BCUT2D eigenvalue weighted by Crippen LogP contribution is -2.45. The van der Waals surface area contributed by atoms with E-state index in [1.807, 2.05) is 56.3 Å². The SMILES string of the molecule is Cc1cc([C@H](CC(F)F)N2CCNCC2)cc(C)c1OCc1ccccc1. The summed E-state index contributed by atoms with van der Waals surface area (Å²) in [6, 6.07) is 13.8. The van der Waals surface area contributed by atoms with Crippen LogP contribution in [0.4, 0.5) is 8.78 Å². The summed E-state index contributed by atoms with van der Waals surface area (Å²) in [7, 11) is 0. The second kappa shape index (κ2) is 9.29. The van der Waals surface area contributed by atoms with Gasteiger partial charge in [0.25, 0.3) is 0 Å². The lowest BCUT2D eigenvalue weighted by molar-refractivity contribution is 0.0738. The maximum atomic E-state index is 13.2. The molecule has 3 rings (SSSR count). The third-order valence-electron chi connectivity index (χ3n) is 5.09. The molecule has 27 heavy (non-hydrogen) atoms. The molecule has 2 aromatic carbocycles. The molecule has 0 bridgehead atoms. The minimum atomic E-state index is -2.32. The Morgan fingerprint density at radius 1 is 1.04 bits per heavy atom. The molecule has 1 aliphatic rings. The van der Waals surface area contributed by atoms with Crippen LogP contribution in [0, 0.1) is 13.8 Å². The van der Waals surface area contributed by atoms with Crippen LogP contribution in [0.3, 0.4) is 0 Å². The van der Waals surface area contributed by atoms with E-state index in [-0.39, 0.29) is 12.5 Å². The number of alkyl halides is 2. The topological polar surface area (TPSA) is 24.5 Å². The zero-order valence-electron chi connectivity index (χ0n) is 16.1. The molecule has 2 aromatic rings. The molecule has 1 saturated heterocycles. The van der Waals surface area contributed by atoms with E-state index in [4.69, 9.17) is 4.74 Å². The van der Waals surface area contributed by atoms with Crippen LogP contribution in [0.25, 0.3) is 0 Å². The number of nitrogens with one attached hydrogen (secondary N) is 1. The molecule has 1 fully saturated rings. The molecular formula is C22H28F2N2O. The number of piperazine rings is 1. The number of hydrogen-bond acceptors (Lipinski definition) is 3.